The zero-order chi connectivity index (χ0) is 9.47. The van der Waals surface area contributed by atoms with Gasteiger partial charge in [0.2, 0.25) is 0 Å². The fourth-order valence-electron chi connectivity index (χ4n) is 2.37. The molecule has 0 bridgehead atoms. The summed E-state index contributed by atoms with van der Waals surface area (Å²) in [4.78, 5) is 0. The first-order valence-electron chi connectivity index (χ1n) is 4.96. The molecule has 2 N–H and O–H groups in total. The number of halogens is 1. The molecule has 1 aromatic rings. The van der Waals surface area contributed by atoms with E-state index in [1.165, 1.54) is 11.1 Å². The Hall–Kier alpha value is -0.530. The average Bonchev–Trinajstić information content (AvgIpc) is 2.02. The van der Waals surface area contributed by atoms with E-state index in [0.29, 0.717) is 0 Å². The van der Waals surface area contributed by atoms with Crippen LogP contribution in [-0.4, -0.2) is 0 Å². The van der Waals surface area contributed by atoms with Gasteiger partial charge in [-0.3, -0.25) is 0 Å². The van der Waals surface area contributed by atoms with Gasteiger partial charge >= 0.3 is 0 Å². The van der Waals surface area contributed by atoms with Crippen molar-refractivity contribution in [3.63, 3.8) is 0 Å². The minimum absolute atomic E-state index is 0. The summed E-state index contributed by atoms with van der Waals surface area (Å²) in [6.45, 7) is 4.38. The molecular weight excluding hydrogens is 194 g/mol. The molecule has 0 aliphatic heterocycles. The highest BCUT2D eigenvalue weighted by molar-refractivity contribution is 5.85. The molecule has 1 aromatic carbocycles. The van der Waals surface area contributed by atoms with Crippen LogP contribution in [0.4, 0.5) is 0 Å². The van der Waals surface area contributed by atoms with Gasteiger partial charge in [-0.15, -0.1) is 12.4 Å². The first-order valence-corrected chi connectivity index (χ1v) is 4.96. The maximum atomic E-state index is 6.28. The molecule has 1 aliphatic carbocycles. The molecule has 78 valence electrons. The second-order valence-electron chi connectivity index (χ2n) is 4.54. The first kappa shape index (κ1) is 11.5. The van der Waals surface area contributed by atoms with Crippen molar-refractivity contribution < 1.29 is 0 Å². The molecule has 0 atom stereocenters. The van der Waals surface area contributed by atoms with Crippen LogP contribution in [0.1, 0.15) is 30.9 Å². The highest BCUT2D eigenvalue weighted by Gasteiger charge is 2.39. The molecule has 0 saturated heterocycles. The summed E-state index contributed by atoms with van der Waals surface area (Å²) < 4.78 is 0. The molecule has 1 nitrogen and oxygen atoms in total. The summed E-state index contributed by atoms with van der Waals surface area (Å²) in [5, 5.41) is 0. The fourth-order valence-corrected chi connectivity index (χ4v) is 2.37. The second-order valence-corrected chi connectivity index (χ2v) is 4.54. The summed E-state index contributed by atoms with van der Waals surface area (Å²) in [5.41, 5.74) is 8.88. The Kier molecular flexibility index (Phi) is 3.23. The average molecular weight is 212 g/mol. The quantitative estimate of drug-likeness (QED) is 0.760. The van der Waals surface area contributed by atoms with Gasteiger partial charge in [0.1, 0.15) is 0 Å². The Morgan fingerprint density at radius 1 is 1.36 bits per heavy atom. The van der Waals surface area contributed by atoms with Crippen molar-refractivity contribution in [2.24, 2.45) is 11.7 Å². The molecule has 14 heavy (non-hydrogen) atoms. The molecule has 0 radical (unpaired) electrons. The molecule has 0 spiro atoms. The van der Waals surface area contributed by atoms with Crippen LogP contribution in [0, 0.1) is 12.8 Å². The van der Waals surface area contributed by atoms with Crippen molar-refractivity contribution in [2.45, 2.75) is 32.2 Å². The van der Waals surface area contributed by atoms with Gasteiger partial charge in [0, 0.05) is 5.54 Å². The van der Waals surface area contributed by atoms with Crippen molar-refractivity contribution in [1.82, 2.24) is 0 Å². The Balaban J connectivity index is 0.000000980. The van der Waals surface area contributed by atoms with E-state index in [4.69, 9.17) is 5.73 Å². The van der Waals surface area contributed by atoms with Gasteiger partial charge < -0.3 is 5.73 Å². The smallest absolute Gasteiger partial charge is 0.0414 e. The predicted molar refractivity (Wildman–Crippen MR) is 62.7 cm³/mol. The largest absolute Gasteiger partial charge is 0.321 e. The fraction of sp³-hybridized carbons (Fsp3) is 0.500. The number of rotatable bonds is 1. The van der Waals surface area contributed by atoms with Gasteiger partial charge in [-0.2, -0.15) is 0 Å². The van der Waals surface area contributed by atoms with Gasteiger partial charge in [-0.1, -0.05) is 36.8 Å². The van der Waals surface area contributed by atoms with Crippen molar-refractivity contribution in [2.75, 3.05) is 0 Å². The monoisotopic (exact) mass is 211 g/mol. The van der Waals surface area contributed by atoms with E-state index in [-0.39, 0.29) is 17.9 Å². The summed E-state index contributed by atoms with van der Waals surface area (Å²) in [7, 11) is 0. The van der Waals surface area contributed by atoms with E-state index in [1.54, 1.807) is 0 Å². The van der Waals surface area contributed by atoms with Crippen LogP contribution in [-0.2, 0) is 5.54 Å². The van der Waals surface area contributed by atoms with E-state index >= 15 is 0 Å². The van der Waals surface area contributed by atoms with Crippen molar-refractivity contribution in [3.05, 3.63) is 35.4 Å². The molecule has 0 aromatic heterocycles. The topological polar surface area (TPSA) is 26.0 Å². The SMILES string of the molecule is Cc1cccc(C2(N)CC(C)C2)c1.Cl. The molecular formula is C12H18ClN. The summed E-state index contributed by atoms with van der Waals surface area (Å²) >= 11 is 0. The highest BCUT2D eigenvalue weighted by Crippen LogP contribution is 2.43. The molecule has 1 fully saturated rings. The van der Waals surface area contributed by atoms with E-state index in [2.05, 4.69) is 38.1 Å². The number of benzene rings is 1. The van der Waals surface area contributed by atoms with E-state index in [0.717, 1.165) is 18.8 Å². The lowest BCUT2D eigenvalue weighted by atomic mass is 9.66. The van der Waals surface area contributed by atoms with E-state index < -0.39 is 0 Å². The number of nitrogens with two attached hydrogens (primary N) is 1. The van der Waals surface area contributed by atoms with Crippen LogP contribution in [0.3, 0.4) is 0 Å². The molecule has 2 heteroatoms. The molecule has 0 unspecified atom stereocenters. The molecule has 2 rings (SSSR count). The molecule has 1 aliphatic rings. The third kappa shape index (κ3) is 1.94. The Labute approximate surface area is 92.1 Å². The van der Waals surface area contributed by atoms with Crippen molar-refractivity contribution >= 4 is 12.4 Å². The van der Waals surface area contributed by atoms with Crippen molar-refractivity contribution in [1.29, 1.82) is 0 Å². The lowest BCUT2D eigenvalue weighted by Gasteiger charge is -2.44. The van der Waals surface area contributed by atoms with Crippen LogP contribution in [0.25, 0.3) is 0 Å². The summed E-state index contributed by atoms with van der Waals surface area (Å²) in [6.07, 6.45) is 2.27. The van der Waals surface area contributed by atoms with E-state index in [9.17, 15) is 0 Å². The second kappa shape index (κ2) is 3.92. The first-order chi connectivity index (χ1) is 6.10. The van der Waals surface area contributed by atoms with E-state index in [1.807, 2.05) is 0 Å². The van der Waals surface area contributed by atoms with Crippen molar-refractivity contribution in [3.8, 4) is 0 Å². The third-order valence-corrected chi connectivity index (χ3v) is 3.02. The number of aryl methyl sites for hydroxylation is 1. The maximum absolute atomic E-state index is 6.28. The van der Waals surface area contributed by atoms with Gasteiger partial charge in [-0.05, 0) is 31.2 Å². The van der Waals surface area contributed by atoms with Gasteiger partial charge in [0.25, 0.3) is 0 Å². The van der Waals surface area contributed by atoms with Gasteiger partial charge in [0.15, 0.2) is 0 Å². The highest BCUT2D eigenvalue weighted by atomic mass is 35.5. The molecule has 0 heterocycles. The Morgan fingerprint density at radius 2 is 2.00 bits per heavy atom. The normalized spacial score (nSPS) is 30.4. The lowest BCUT2D eigenvalue weighted by Crippen LogP contribution is -2.47. The maximum Gasteiger partial charge on any atom is 0.0414 e. The minimum Gasteiger partial charge on any atom is -0.321 e. The molecule has 1 saturated carbocycles. The van der Waals surface area contributed by atoms with Crippen LogP contribution in [0.2, 0.25) is 0 Å². The lowest BCUT2D eigenvalue weighted by molar-refractivity contribution is 0.164. The number of hydrogen-bond donors (Lipinski definition) is 1. The third-order valence-electron chi connectivity index (χ3n) is 3.02. The van der Waals surface area contributed by atoms with Crippen LogP contribution >= 0.6 is 12.4 Å². The Morgan fingerprint density at radius 3 is 2.50 bits per heavy atom. The van der Waals surface area contributed by atoms with Crippen LogP contribution in [0.5, 0.6) is 0 Å². The summed E-state index contributed by atoms with van der Waals surface area (Å²) in [6, 6.07) is 8.59. The standard InChI is InChI=1S/C12H17N.ClH/c1-9-4-3-5-11(6-9)12(13)7-10(2)8-12;/h3-6,10H,7-8,13H2,1-2H3;1H. The minimum atomic E-state index is -0.0224. The summed E-state index contributed by atoms with van der Waals surface area (Å²) in [5.74, 6) is 0.797. The van der Waals surface area contributed by atoms with Gasteiger partial charge in [0.05, 0.1) is 0 Å². The zero-order valence-electron chi connectivity index (χ0n) is 8.79. The predicted octanol–water partition coefficient (Wildman–Crippen LogP) is 3.00. The van der Waals surface area contributed by atoms with Crippen LogP contribution in [0.15, 0.2) is 24.3 Å². The number of hydrogen-bond acceptors (Lipinski definition) is 1. The van der Waals surface area contributed by atoms with Gasteiger partial charge in [-0.25, -0.2) is 0 Å². The van der Waals surface area contributed by atoms with Crippen LogP contribution < -0.4 is 5.73 Å². The molecule has 0 amide bonds. The Bertz CT molecular complexity index is 316. The zero-order valence-corrected chi connectivity index (χ0v) is 9.60.